The molecular weight excluding hydrogens is 284 g/mol. The zero-order valence-electron chi connectivity index (χ0n) is 9.81. The number of nitro groups is 1. The van der Waals surface area contributed by atoms with Crippen molar-refractivity contribution in [1.29, 1.82) is 0 Å². The van der Waals surface area contributed by atoms with Gasteiger partial charge in [0.25, 0.3) is 5.69 Å². The average molecular weight is 299 g/mol. The summed E-state index contributed by atoms with van der Waals surface area (Å²) in [4.78, 5) is 10.4. The van der Waals surface area contributed by atoms with Gasteiger partial charge in [0, 0.05) is 12.1 Å². The number of nitrogens with one attached hydrogen (secondary N) is 1. The monoisotopic (exact) mass is 298 g/mol. The van der Waals surface area contributed by atoms with Crippen molar-refractivity contribution in [2.45, 2.75) is 19.9 Å². The third-order valence-corrected chi connectivity index (χ3v) is 2.94. The van der Waals surface area contributed by atoms with Gasteiger partial charge < -0.3 is 5.32 Å². The highest BCUT2D eigenvalue weighted by molar-refractivity contribution is 9.10. The zero-order chi connectivity index (χ0) is 12.8. The van der Waals surface area contributed by atoms with E-state index in [-0.39, 0.29) is 11.7 Å². The van der Waals surface area contributed by atoms with Crippen LogP contribution in [0.2, 0.25) is 0 Å². The molecule has 1 N–H and O–H groups in total. The van der Waals surface area contributed by atoms with Gasteiger partial charge in [-0.1, -0.05) is 25.1 Å². The Morgan fingerprint density at radius 2 is 2.29 bits per heavy atom. The first-order valence-corrected chi connectivity index (χ1v) is 6.19. The van der Waals surface area contributed by atoms with E-state index in [0.29, 0.717) is 4.47 Å². The van der Waals surface area contributed by atoms with Crippen LogP contribution in [0.25, 0.3) is 6.08 Å². The summed E-state index contributed by atoms with van der Waals surface area (Å²) in [6, 6.07) is 5.34. The number of nitrogens with zero attached hydrogens (tertiary/aromatic N) is 1. The van der Waals surface area contributed by atoms with Gasteiger partial charge in [-0.05, 0) is 41.0 Å². The number of nitro benzene ring substituents is 1. The molecule has 0 aromatic heterocycles. The van der Waals surface area contributed by atoms with Crippen LogP contribution < -0.4 is 5.32 Å². The Morgan fingerprint density at radius 1 is 1.59 bits per heavy atom. The van der Waals surface area contributed by atoms with E-state index < -0.39 is 4.92 Å². The number of benzene rings is 1. The van der Waals surface area contributed by atoms with Crippen LogP contribution in [0.5, 0.6) is 0 Å². The Morgan fingerprint density at radius 3 is 2.88 bits per heavy atom. The molecule has 1 atom stereocenters. The first-order chi connectivity index (χ1) is 8.04. The number of likely N-dealkylation sites (N-methyl/N-ethyl adjacent to an activating group) is 1. The van der Waals surface area contributed by atoms with E-state index in [2.05, 4.69) is 21.2 Å². The van der Waals surface area contributed by atoms with Crippen LogP contribution in [0.15, 0.2) is 28.7 Å². The van der Waals surface area contributed by atoms with Crippen molar-refractivity contribution >= 4 is 27.7 Å². The Kier molecular flexibility index (Phi) is 5.31. The maximum atomic E-state index is 10.8. The van der Waals surface area contributed by atoms with E-state index in [1.807, 2.05) is 32.1 Å². The third-order valence-electron chi connectivity index (χ3n) is 2.27. The maximum Gasteiger partial charge on any atom is 0.284 e. The van der Waals surface area contributed by atoms with Gasteiger partial charge in [-0.3, -0.25) is 10.1 Å². The molecule has 0 bridgehead atoms. The van der Waals surface area contributed by atoms with Crippen LogP contribution in [0.1, 0.15) is 19.4 Å². The molecule has 1 unspecified atom stereocenters. The van der Waals surface area contributed by atoms with E-state index >= 15 is 0 Å². The van der Waals surface area contributed by atoms with Gasteiger partial charge in [0.2, 0.25) is 0 Å². The van der Waals surface area contributed by atoms with Crippen LogP contribution in [0.3, 0.4) is 0 Å². The molecule has 0 aliphatic heterocycles. The minimum Gasteiger partial charge on any atom is -0.311 e. The number of hydrogen-bond acceptors (Lipinski definition) is 3. The Balaban J connectivity index is 2.86. The zero-order valence-corrected chi connectivity index (χ0v) is 11.4. The highest BCUT2D eigenvalue weighted by Crippen LogP contribution is 2.26. The molecule has 0 amide bonds. The first-order valence-electron chi connectivity index (χ1n) is 5.40. The van der Waals surface area contributed by atoms with Crippen molar-refractivity contribution < 1.29 is 4.92 Å². The molecule has 0 aliphatic rings. The average Bonchev–Trinajstić information content (AvgIpc) is 2.28. The Bertz CT molecular complexity index is 433. The molecule has 0 heterocycles. The third kappa shape index (κ3) is 4.28. The van der Waals surface area contributed by atoms with Crippen LogP contribution in [0, 0.1) is 10.1 Å². The molecule has 1 rings (SSSR count). The minimum atomic E-state index is -0.394. The molecule has 0 radical (unpaired) electrons. The molecule has 0 aliphatic carbocycles. The van der Waals surface area contributed by atoms with Crippen molar-refractivity contribution in [1.82, 2.24) is 5.32 Å². The summed E-state index contributed by atoms with van der Waals surface area (Å²) in [5.41, 5.74) is 0.910. The van der Waals surface area contributed by atoms with Crippen LogP contribution >= 0.6 is 15.9 Å². The van der Waals surface area contributed by atoms with Gasteiger partial charge in [-0.25, -0.2) is 0 Å². The largest absolute Gasteiger partial charge is 0.311 e. The molecule has 0 saturated heterocycles. The molecule has 0 spiro atoms. The van der Waals surface area contributed by atoms with Crippen molar-refractivity contribution in [3.05, 3.63) is 44.4 Å². The quantitative estimate of drug-likeness (QED) is 0.670. The van der Waals surface area contributed by atoms with Crippen molar-refractivity contribution in [3.8, 4) is 0 Å². The fourth-order valence-electron chi connectivity index (χ4n) is 1.42. The predicted molar refractivity (Wildman–Crippen MR) is 73.0 cm³/mol. The van der Waals surface area contributed by atoms with Gasteiger partial charge in [0.1, 0.15) is 0 Å². The van der Waals surface area contributed by atoms with Crippen molar-refractivity contribution in [2.75, 3.05) is 6.54 Å². The molecule has 92 valence electrons. The topological polar surface area (TPSA) is 55.2 Å². The lowest BCUT2D eigenvalue weighted by molar-refractivity contribution is -0.385. The van der Waals surface area contributed by atoms with Gasteiger partial charge in [-0.15, -0.1) is 0 Å². The Labute approximate surface area is 109 Å². The van der Waals surface area contributed by atoms with Crippen LogP contribution in [-0.2, 0) is 0 Å². The van der Waals surface area contributed by atoms with Crippen molar-refractivity contribution in [3.63, 3.8) is 0 Å². The highest BCUT2D eigenvalue weighted by Gasteiger charge is 2.11. The molecule has 5 heteroatoms. The van der Waals surface area contributed by atoms with Crippen molar-refractivity contribution in [2.24, 2.45) is 0 Å². The second-order valence-electron chi connectivity index (χ2n) is 3.67. The normalized spacial score (nSPS) is 12.9. The molecule has 17 heavy (non-hydrogen) atoms. The van der Waals surface area contributed by atoms with Gasteiger partial charge >= 0.3 is 0 Å². The SMILES string of the molecule is CCNC(C)/C=C/c1ccc(Br)c([N+](=O)[O-])c1. The molecular formula is C12H15BrN2O2. The first kappa shape index (κ1) is 13.9. The molecule has 1 aromatic rings. The standard InChI is InChI=1S/C12H15BrN2O2/c1-3-14-9(2)4-5-10-6-7-11(13)12(8-10)15(16)17/h4-9,14H,3H2,1-2H3/b5-4+. The van der Waals surface area contributed by atoms with Crippen LogP contribution in [-0.4, -0.2) is 17.5 Å². The lowest BCUT2D eigenvalue weighted by Gasteiger charge is -2.05. The smallest absolute Gasteiger partial charge is 0.284 e. The molecule has 0 saturated carbocycles. The predicted octanol–water partition coefficient (Wildman–Crippen LogP) is 3.37. The minimum absolute atomic E-state index is 0.0863. The van der Waals surface area contributed by atoms with Crippen LogP contribution in [0.4, 0.5) is 5.69 Å². The molecule has 4 nitrogen and oxygen atoms in total. The fourth-order valence-corrected chi connectivity index (χ4v) is 1.81. The Hall–Kier alpha value is -1.20. The summed E-state index contributed by atoms with van der Waals surface area (Å²) >= 11 is 3.16. The highest BCUT2D eigenvalue weighted by atomic mass is 79.9. The van der Waals surface area contributed by atoms with E-state index in [9.17, 15) is 10.1 Å². The summed E-state index contributed by atoms with van der Waals surface area (Å²) in [5.74, 6) is 0. The maximum absolute atomic E-state index is 10.8. The van der Waals surface area contributed by atoms with Gasteiger partial charge in [0.15, 0.2) is 0 Å². The lowest BCUT2D eigenvalue weighted by atomic mass is 10.1. The van der Waals surface area contributed by atoms with Gasteiger partial charge in [0.05, 0.1) is 9.40 Å². The van der Waals surface area contributed by atoms with E-state index in [0.717, 1.165) is 12.1 Å². The van der Waals surface area contributed by atoms with E-state index in [4.69, 9.17) is 0 Å². The van der Waals surface area contributed by atoms with E-state index in [1.54, 1.807) is 12.1 Å². The number of hydrogen-bond donors (Lipinski definition) is 1. The summed E-state index contributed by atoms with van der Waals surface area (Å²) in [7, 11) is 0. The van der Waals surface area contributed by atoms with Gasteiger partial charge in [-0.2, -0.15) is 0 Å². The summed E-state index contributed by atoms with van der Waals surface area (Å²) in [5, 5.41) is 14.0. The van der Waals surface area contributed by atoms with E-state index in [1.165, 1.54) is 0 Å². The summed E-state index contributed by atoms with van der Waals surface area (Å²) in [6.07, 6.45) is 3.86. The summed E-state index contributed by atoms with van der Waals surface area (Å²) < 4.78 is 0.499. The fraction of sp³-hybridized carbons (Fsp3) is 0.333. The number of rotatable bonds is 5. The second-order valence-corrected chi connectivity index (χ2v) is 4.53. The summed E-state index contributed by atoms with van der Waals surface area (Å²) in [6.45, 7) is 4.97. The molecule has 1 aromatic carbocycles. The second kappa shape index (κ2) is 6.51. The number of halogens is 1. The molecule has 0 fully saturated rings. The lowest BCUT2D eigenvalue weighted by Crippen LogP contribution is -2.22.